The predicted octanol–water partition coefficient (Wildman–Crippen LogP) is 4.88. The highest BCUT2D eigenvalue weighted by atomic mass is 32.2. The fourth-order valence-electron chi connectivity index (χ4n) is 3.03. The van der Waals surface area contributed by atoms with Crippen LogP contribution in [0.2, 0.25) is 0 Å². The topological polar surface area (TPSA) is 21.3 Å². The summed E-state index contributed by atoms with van der Waals surface area (Å²) in [4.78, 5) is 1.29. The Kier molecular flexibility index (Phi) is 7.45. The number of benzene rings is 1. The predicted molar refractivity (Wildman–Crippen MR) is 92.4 cm³/mol. The van der Waals surface area contributed by atoms with E-state index in [0.29, 0.717) is 11.3 Å². The molecule has 1 N–H and O–H groups in total. The van der Waals surface area contributed by atoms with Gasteiger partial charge in [0, 0.05) is 16.2 Å². The van der Waals surface area contributed by atoms with Crippen molar-refractivity contribution in [1.82, 2.24) is 5.32 Å². The molecule has 2 atom stereocenters. The molecule has 0 amide bonds. The van der Waals surface area contributed by atoms with Gasteiger partial charge >= 0.3 is 0 Å². The van der Waals surface area contributed by atoms with Gasteiger partial charge in [0.15, 0.2) is 0 Å². The number of hydrogen-bond donors (Lipinski definition) is 1. The third-order valence-corrected chi connectivity index (χ3v) is 5.66. The summed E-state index contributed by atoms with van der Waals surface area (Å²) in [5.74, 6) is 1.01. The molecule has 1 saturated carbocycles. The molecule has 0 spiro atoms. The Labute approximate surface area is 134 Å². The van der Waals surface area contributed by atoms with Crippen LogP contribution in [0.15, 0.2) is 29.2 Å². The Hall–Kier alpha value is -0.670. The van der Waals surface area contributed by atoms with Gasteiger partial charge in [-0.15, -0.1) is 11.8 Å². The first kappa shape index (κ1) is 16.7. The summed E-state index contributed by atoms with van der Waals surface area (Å²) in [6.07, 6.45) is 9.35. The summed E-state index contributed by atoms with van der Waals surface area (Å²) < 4.78 is 5.52. The van der Waals surface area contributed by atoms with Crippen molar-refractivity contribution >= 4 is 11.8 Å². The molecule has 1 aromatic rings. The molecule has 0 heterocycles. The molecule has 0 radical (unpaired) electrons. The Balaban J connectivity index is 2.07. The van der Waals surface area contributed by atoms with Crippen LogP contribution in [0, 0.1) is 0 Å². The Morgan fingerprint density at radius 2 is 1.90 bits per heavy atom. The minimum absolute atomic E-state index is 0.639. The maximum atomic E-state index is 5.52. The van der Waals surface area contributed by atoms with Crippen LogP contribution < -0.4 is 10.1 Å². The van der Waals surface area contributed by atoms with E-state index in [4.69, 9.17) is 4.74 Å². The SMILES string of the molecule is CCCNC1CCCCCCC1Sc1ccccc1OC. The number of rotatable bonds is 6. The number of hydrogen-bond acceptors (Lipinski definition) is 3. The highest BCUT2D eigenvalue weighted by Gasteiger charge is 2.24. The summed E-state index contributed by atoms with van der Waals surface area (Å²) in [6.45, 7) is 3.38. The van der Waals surface area contributed by atoms with Gasteiger partial charge in [0.1, 0.15) is 5.75 Å². The summed E-state index contributed by atoms with van der Waals surface area (Å²) in [6, 6.07) is 9.06. The van der Waals surface area contributed by atoms with Gasteiger partial charge in [-0.25, -0.2) is 0 Å². The molecule has 1 fully saturated rings. The molecular formula is C18H29NOS. The first-order chi connectivity index (χ1) is 10.3. The monoisotopic (exact) mass is 307 g/mol. The van der Waals surface area contributed by atoms with Crippen LogP contribution in [-0.4, -0.2) is 24.9 Å². The summed E-state index contributed by atoms with van der Waals surface area (Å²) in [7, 11) is 1.77. The van der Waals surface area contributed by atoms with Gasteiger partial charge < -0.3 is 10.1 Å². The van der Waals surface area contributed by atoms with Crippen molar-refractivity contribution < 1.29 is 4.74 Å². The zero-order valence-corrected chi connectivity index (χ0v) is 14.3. The van der Waals surface area contributed by atoms with Gasteiger partial charge in [0.25, 0.3) is 0 Å². The quantitative estimate of drug-likeness (QED) is 0.809. The van der Waals surface area contributed by atoms with E-state index in [1.54, 1.807) is 7.11 Å². The molecule has 21 heavy (non-hydrogen) atoms. The average molecular weight is 308 g/mol. The van der Waals surface area contributed by atoms with E-state index in [0.717, 1.165) is 12.3 Å². The molecule has 1 aromatic carbocycles. The van der Waals surface area contributed by atoms with Crippen LogP contribution in [0.4, 0.5) is 0 Å². The second-order valence-electron chi connectivity index (χ2n) is 5.86. The van der Waals surface area contributed by atoms with E-state index < -0.39 is 0 Å². The van der Waals surface area contributed by atoms with Crippen molar-refractivity contribution in [3.8, 4) is 5.75 Å². The van der Waals surface area contributed by atoms with Crippen molar-refractivity contribution in [1.29, 1.82) is 0 Å². The molecular weight excluding hydrogens is 278 g/mol. The second-order valence-corrected chi connectivity index (χ2v) is 7.14. The number of para-hydroxylation sites is 1. The van der Waals surface area contributed by atoms with Gasteiger partial charge in [0.2, 0.25) is 0 Å². The number of ether oxygens (including phenoxy) is 1. The molecule has 2 rings (SSSR count). The number of nitrogens with one attached hydrogen (secondary N) is 1. The Bertz CT molecular complexity index is 408. The van der Waals surface area contributed by atoms with Crippen molar-refractivity contribution in [2.24, 2.45) is 0 Å². The van der Waals surface area contributed by atoms with Crippen molar-refractivity contribution in [2.75, 3.05) is 13.7 Å². The summed E-state index contributed by atoms with van der Waals surface area (Å²) in [5.41, 5.74) is 0. The van der Waals surface area contributed by atoms with Crippen LogP contribution in [0.5, 0.6) is 5.75 Å². The lowest BCUT2D eigenvalue weighted by molar-refractivity contribution is 0.396. The summed E-state index contributed by atoms with van der Waals surface area (Å²) in [5, 5.41) is 4.45. The largest absolute Gasteiger partial charge is 0.496 e. The Morgan fingerprint density at radius 3 is 2.67 bits per heavy atom. The van der Waals surface area contributed by atoms with Gasteiger partial charge in [0.05, 0.1) is 7.11 Å². The normalized spacial score (nSPS) is 23.3. The smallest absolute Gasteiger partial charge is 0.132 e. The number of thioether (sulfide) groups is 1. The van der Waals surface area contributed by atoms with Gasteiger partial charge in [-0.1, -0.05) is 44.7 Å². The van der Waals surface area contributed by atoms with Crippen LogP contribution in [0.1, 0.15) is 51.9 Å². The number of methoxy groups -OCH3 is 1. The van der Waals surface area contributed by atoms with E-state index in [9.17, 15) is 0 Å². The minimum atomic E-state index is 0.639. The lowest BCUT2D eigenvalue weighted by atomic mass is 9.96. The van der Waals surface area contributed by atoms with E-state index in [2.05, 4.69) is 30.4 Å². The molecule has 2 nitrogen and oxygen atoms in total. The third kappa shape index (κ3) is 5.23. The second kappa shape index (κ2) is 9.37. The van der Waals surface area contributed by atoms with Crippen LogP contribution >= 0.6 is 11.8 Å². The van der Waals surface area contributed by atoms with Crippen LogP contribution in [0.3, 0.4) is 0 Å². The highest BCUT2D eigenvalue weighted by Crippen LogP contribution is 2.37. The van der Waals surface area contributed by atoms with Crippen molar-refractivity contribution in [3.05, 3.63) is 24.3 Å². The zero-order chi connectivity index (χ0) is 14.9. The fourth-order valence-corrected chi connectivity index (χ4v) is 4.47. The van der Waals surface area contributed by atoms with E-state index >= 15 is 0 Å². The molecule has 2 unspecified atom stereocenters. The van der Waals surface area contributed by atoms with Gasteiger partial charge in [-0.2, -0.15) is 0 Å². The Morgan fingerprint density at radius 1 is 1.14 bits per heavy atom. The van der Waals surface area contributed by atoms with Gasteiger partial charge in [-0.3, -0.25) is 0 Å². The molecule has 0 saturated heterocycles. The molecule has 3 heteroatoms. The molecule has 0 aliphatic heterocycles. The van der Waals surface area contributed by atoms with Crippen molar-refractivity contribution in [2.45, 2.75) is 68.1 Å². The molecule has 1 aliphatic rings. The third-order valence-electron chi connectivity index (χ3n) is 4.21. The summed E-state index contributed by atoms with van der Waals surface area (Å²) >= 11 is 2.01. The maximum Gasteiger partial charge on any atom is 0.132 e. The maximum absolute atomic E-state index is 5.52. The first-order valence-corrected chi connectivity index (χ1v) is 9.26. The van der Waals surface area contributed by atoms with Crippen LogP contribution in [0.25, 0.3) is 0 Å². The molecule has 0 bridgehead atoms. The fraction of sp³-hybridized carbons (Fsp3) is 0.667. The standard InChI is InChI=1S/C18H29NOS/c1-3-14-19-15-10-6-4-5-7-12-17(15)21-18-13-9-8-11-16(18)20-2/h8-9,11,13,15,17,19H,3-7,10,12,14H2,1-2H3. The van der Waals surface area contributed by atoms with E-state index in [1.807, 2.05) is 17.8 Å². The molecule has 118 valence electrons. The zero-order valence-electron chi connectivity index (χ0n) is 13.4. The van der Waals surface area contributed by atoms with Crippen LogP contribution in [-0.2, 0) is 0 Å². The van der Waals surface area contributed by atoms with E-state index in [-0.39, 0.29) is 0 Å². The molecule has 0 aromatic heterocycles. The van der Waals surface area contributed by atoms with E-state index in [1.165, 1.54) is 49.8 Å². The minimum Gasteiger partial charge on any atom is -0.496 e. The first-order valence-electron chi connectivity index (χ1n) is 8.38. The lowest BCUT2D eigenvalue weighted by Gasteiger charge is -2.30. The molecule has 1 aliphatic carbocycles. The lowest BCUT2D eigenvalue weighted by Crippen LogP contribution is -2.39. The van der Waals surface area contributed by atoms with Crippen molar-refractivity contribution in [3.63, 3.8) is 0 Å². The highest BCUT2D eigenvalue weighted by molar-refractivity contribution is 8.00. The van der Waals surface area contributed by atoms with Gasteiger partial charge in [-0.05, 0) is 37.9 Å². The average Bonchev–Trinajstić information content (AvgIpc) is 2.50.